The second-order valence-corrected chi connectivity index (χ2v) is 5.98. The van der Waals surface area contributed by atoms with Crippen molar-refractivity contribution in [3.63, 3.8) is 0 Å². The van der Waals surface area contributed by atoms with Gasteiger partial charge in [0.25, 0.3) is 0 Å². The smallest absolute Gasteiger partial charge is 0.143 e. The highest BCUT2D eigenvalue weighted by Crippen LogP contribution is 2.36. The van der Waals surface area contributed by atoms with E-state index in [1.165, 1.54) is 4.88 Å². The van der Waals surface area contributed by atoms with E-state index >= 15 is 0 Å². The molecule has 0 radical (unpaired) electrons. The van der Waals surface area contributed by atoms with Crippen LogP contribution in [0.4, 0.5) is 5.69 Å². The van der Waals surface area contributed by atoms with Gasteiger partial charge in [0.15, 0.2) is 0 Å². The van der Waals surface area contributed by atoms with Crippen molar-refractivity contribution in [2.24, 2.45) is 0 Å². The molecule has 0 aliphatic rings. The van der Waals surface area contributed by atoms with Crippen LogP contribution in [-0.4, -0.2) is 19.2 Å². The minimum Gasteiger partial charge on any atom is -0.495 e. The van der Waals surface area contributed by atoms with Gasteiger partial charge < -0.3 is 14.8 Å². The van der Waals surface area contributed by atoms with Crippen molar-refractivity contribution in [3.8, 4) is 11.5 Å². The molecule has 0 saturated heterocycles. The standard InChI is InChI=1S/C14H17ClN2O2S/c1-8-14(20-9(2)17-8)7-16-11-6-12(18-3)10(15)5-13(11)19-4/h5-6,16H,7H2,1-4H3. The summed E-state index contributed by atoms with van der Waals surface area (Å²) in [6, 6.07) is 3.58. The van der Waals surface area contributed by atoms with Crippen LogP contribution in [0.1, 0.15) is 15.6 Å². The first kappa shape index (κ1) is 14.9. The summed E-state index contributed by atoms with van der Waals surface area (Å²) in [5, 5.41) is 4.94. The number of halogens is 1. The summed E-state index contributed by atoms with van der Waals surface area (Å²) >= 11 is 7.77. The topological polar surface area (TPSA) is 43.4 Å². The van der Waals surface area contributed by atoms with Crippen LogP contribution >= 0.6 is 22.9 Å². The molecular formula is C14H17ClN2O2S. The molecule has 1 aromatic carbocycles. The number of hydrogen-bond donors (Lipinski definition) is 1. The number of methoxy groups -OCH3 is 2. The largest absolute Gasteiger partial charge is 0.495 e. The van der Waals surface area contributed by atoms with Crippen molar-refractivity contribution in [2.75, 3.05) is 19.5 Å². The molecule has 0 aliphatic carbocycles. The van der Waals surface area contributed by atoms with Gasteiger partial charge in [-0.2, -0.15) is 0 Å². The third-order valence-electron chi connectivity index (χ3n) is 2.91. The summed E-state index contributed by atoms with van der Waals surface area (Å²) in [5.74, 6) is 1.31. The summed E-state index contributed by atoms with van der Waals surface area (Å²) in [5.41, 5.74) is 1.90. The van der Waals surface area contributed by atoms with Gasteiger partial charge in [-0.1, -0.05) is 11.6 Å². The lowest BCUT2D eigenvalue weighted by atomic mass is 10.2. The Morgan fingerprint density at radius 2 is 1.90 bits per heavy atom. The Labute approximate surface area is 127 Å². The van der Waals surface area contributed by atoms with E-state index in [0.29, 0.717) is 23.1 Å². The van der Waals surface area contributed by atoms with Crippen molar-refractivity contribution in [3.05, 3.63) is 32.7 Å². The third kappa shape index (κ3) is 3.16. The Morgan fingerprint density at radius 3 is 2.45 bits per heavy atom. The maximum absolute atomic E-state index is 6.09. The SMILES string of the molecule is COc1cc(NCc2sc(C)nc2C)c(OC)cc1Cl. The zero-order valence-electron chi connectivity index (χ0n) is 11.9. The van der Waals surface area contributed by atoms with Crippen LogP contribution in [0.5, 0.6) is 11.5 Å². The first-order valence-corrected chi connectivity index (χ1v) is 7.33. The molecule has 0 bridgehead atoms. The van der Waals surface area contributed by atoms with Crippen LogP contribution in [0.2, 0.25) is 5.02 Å². The predicted molar refractivity (Wildman–Crippen MR) is 83.5 cm³/mol. The highest BCUT2D eigenvalue weighted by atomic mass is 35.5. The molecule has 0 unspecified atom stereocenters. The fourth-order valence-corrected chi connectivity index (χ4v) is 3.02. The molecule has 2 rings (SSSR count). The third-order valence-corrected chi connectivity index (χ3v) is 4.28. The minimum atomic E-state index is 0.528. The predicted octanol–water partition coefficient (Wildman–Crippen LogP) is 4.04. The van der Waals surface area contributed by atoms with Gasteiger partial charge in [-0.25, -0.2) is 4.98 Å². The second-order valence-electron chi connectivity index (χ2n) is 4.28. The lowest BCUT2D eigenvalue weighted by Gasteiger charge is -2.13. The van der Waals surface area contributed by atoms with Gasteiger partial charge in [-0.05, 0) is 13.8 Å². The molecule has 1 aromatic heterocycles. The molecule has 0 spiro atoms. The maximum Gasteiger partial charge on any atom is 0.143 e. The highest BCUT2D eigenvalue weighted by molar-refractivity contribution is 7.11. The number of aromatic nitrogens is 1. The molecule has 1 N–H and O–H groups in total. The van der Waals surface area contributed by atoms with E-state index in [4.69, 9.17) is 21.1 Å². The summed E-state index contributed by atoms with van der Waals surface area (Å²) in [4.78, 5) is 5.62. The van der Waals surface area contributed by atoms with Gasteiger partial charge in [-0.3, -0.25) is 0 Å². The summed E-state index contributed by atoms with van der Waals surface area (Å²) in [6.07, 6.45) is 0. The lowest BCUT2D eigenvalue weighted by Crippen LogP contribution is -2.02. The Morgan fingerprint density at radius 1 is 1.20 bits per heavy atom. The van der Waals surface area contributed by atoms with Gasteiger partial charge >= 0.3 is 0 Å². The highest BCUT2D eigenvalue weighted by Gasteiger charge is 2.11. The minimum absolute atomic E-state index is 0.528. The average molecular weight is 313 g/mol. The fourth-order valence-electron chi connectivity index (χ4n) is 1.91. The van der Waals surface area contributed by atoms with Crippen molar-refractivity contribution in [1.29, 1.82) is 0 Å². The van der Waals surface area contributed by atoms with Crippen LogP contribution in [0.15, 0.2) is 12.1 Å². The molecule has 0 fully saturated rings. The number of benzene rings is 1. The maximum atomic E-state index is 6.09. The monoisotopic (exact) mass is 312 g/mol. The molecule has 6 heteroatoms. The van der Waals surface area contributed by atoms with E-state index in [0.717, 1.165) is 16.4 Å². The Bertz CT molecular complexity index is 613. The molecule has 20 heavy (non-hydrogen) atoms. The number of nitrogens with one attached hydrogen (secondary N) is 1. The van der Waals surface area contributed by atoms with Crippen LogP contribution < -0.4 is 14.8 Å². The Kier molecular flexibility index (Phi) is 4.73. The molecule has 1 heterocycles. The fraction of sp³-hybridized carbons (Fsp3) is 0.357. The number of rotatable bonds is 5. The molecule has 0 amide bonds. The number of hydrogen-bond acceptors (Lipinski definition) is 5. The van der Waals surface area contributed by atoms with Crippen LogP contribution in [0.3, 0.4) is 0 Å². The van der Waals surface area contributed by atoms with E-state index in [1.807, 2.05) is 19.9 Å². The second kappa shape index (κ2) is 6.33. The van der Waals surface area contributed by atoms with Crippen LogP contribution in [0.25, 0.3) is 0 Å². The van der Waals surface area contributed by atoms with E-state index < -0.39 is 0 Å². The first-order chi connectivity index (χ1) is 9.55. The van der Waals surface area contributed by atoms with Gasteiger partial charge in [-0.15, -0.1) is 11.3 Å². The molecule has 2 aromatic rings. The van der Waals surface area contributed by atoms with Gasteiger partial charge in [0.1, 0.15) is 11.5 Å². The number of ether oxygens (including phenoxy) is 2. The van der Waals surface area contributed by atoms with Gasteiger partial charge in [0.2, 0.25) is 0 Å². The van der Waals surface area contributed by atoms with Crippen LogP contribution in [-0.2, 0) is 6.54 Å². The zero-order valence-corrected chi connectivity index (χ0v) is 13.5. The Hall–Kier alpha value is -1.46. The summed E-state index contributed by atoms with van der Waals surface area (Å²) in [7, 11) is 3.21. The van der Waals surface area contributed by atoms with Crippen molar-refractivity contribution >= 4 is 28.6 Å². The van der Waals surface area contributed by atoms with Gasteiger partial charge in [0, 0.05) is 17.0 Å². The van der Waals surface area contributed by atoms with Crippen molar-refractivity contribution in [2.45, 2.75) is 20.4 Å². The van der Waals surface area contributed by atoms with Crippen molar-refractivity contribution in [1.82, 2.24) is 4.98 Å². The van der Waals surface area contributed by atoms with Crippen LogP contribution in [0, 0.1) is 13.8 Å². The Balaban J connectivity index is 2.22. The van der Waals surface area contributed by atoms with E-state index in [-0.39, 0.29) is 0 Å². The van der Waals surface area contributed by atoms with E-state index in [1.54, 1.807) is 31.6 Å². The van der Waals surface area contributed by atoms with E-state index in [2.05, 4.69) is 10.3 Å². The quantitative estimate of drug-likeness (QED) is 0.904. The summed E-state index contributed by atoms with van der Waals surface area (Å²) < 4.78 is 10.6. The molecule has 4 nitrogen and oxygen atoms in total. The number of anilines is 1. The molecular weight excluding hydrogens is 296 g/mol. The zero-order chi connectivity index (χ0) is 14.7. The number of thiazole rings is 1. The van der Waals surface area contributed by atoms with Gasteiger partial charge in [0.05, 0.1) is 42.2 Å². The first-order valence-electron chi connectivity index (χ1n) is 6.13. The molecule has 0 atom stereocenters. The normalized spacial score (nSPS) is 10.4. The molecule has 0 saturated carbocycles. The molecule has 0 aliphatic heterocycles. The van der Waals surface area contributed by atoms with Crippen molar-refractivity contribution < 1.29 is 9.47 Å². The number of nitrogens with zero attached hydrogens (tertiary/aromatic N) is 1. The average Bonchev–Trinajstić information content (AvgIpc) is 2.75. The van der Waals surface area contributed by atoms with E-state index in [9.17, 15) is 0 Å². The molecule has 108 valence electrons. The summed E-state index contributed by atoms with van der Waals surface area (Å²) in [6.45, 7) is 4.71. The lowest BCUT2D eigenvalue weighted by molar-refractivity contribution is 0.404. The number of aryl methyl sites for hydroxylation is 2.